The average molecular weight is 559 g/mol. The van der Waals surface area contributed by atoms with Crippen LogP contribution in [0.1, 0.15) is 11.1 Å². The maximum Gasteiger partial charge on any atom is -0.00201 e. The van der Waals surface area contributed by atoms with Crippen LogP contribution < -0.4 is 0 Å². The van der Waals surface area contributed by atoms with Crippen LogP contribution in [0, 0.1) is 13.8 Å². The minimum atomic E-state index is 1.26. The predicted molar refractivity (Wildman–Crippen MR) is 191 cm³/mol. The van der Waals surface area contributed by atoms with Crippen molar-refractivity contribution in [2.24, 2.45) is 0 Å². The van der Waals surface area contributed by atoms with Gasteiger partial charge >= 0.3 is 0 Å². The van der Waals surface area contributed by atoms with Crippen LogP contribution in [0.4, 0.5) is 0 Å². The van der Waals surface area contributed by atoms with Crippen LogP contribution in [0.2, 0.25) is 0 Å². The molecule has 0 radical (unpaired) electrons. The maximum atomic E-state index is 2.40. The Bertz CT molecular complexity index is 2480. The van der Waals surface area contributed by atoms with E-state index in [1.807, 2.05) is 0 Å². The van der Waals surface area contributed by atoms with E-state index in [2.05, 4.69) is 159 Å². The van der Waals surface area contributed by atoms with Crippen LogP contribution in [-0.4, -0.2) is 0 Å². The summed E-state index contributed by atoms with van der Waals surface area (Å²) in [5, 5.41) is 13.1. The van der Waals surface area contributed by atoms with Crippen molar-refractivity contribution in [2.45, 2.75) is 13.8 Å². The van der Waals surface area contributed by atoms with Gasteiger partial charge in [0.15, 0.2) is 0 Å². The molecule has 0 amide bonds. The van der Waals surface area contributed by atoms with E-state index in [0.717, 1.165) is 0 Å². The second kappa shape index (κ2) is 9.53. The lowest BCUT2D eigenvalue weighted by Crippen LogP contribution is -1.95. The number of rotatable bonds is 3. The highest BCUT2D eigenvalue weighted by Crippen LogP contribution is 2.48. The molecule has 9 rings (SSSR count). The molecule has 0 aliphatic heterocycles. The van der Waals surface area contributed by atoms with Gasteiger partial charge in [-0.3, -0.25) is 0 Å². The number of aryl methyl sites for hydroxylation is 2. The highest BCUT2D eigenvalue weighted by Gasteiger charge is 2.20. The molecule has 0 nitrogen and oxygen atoms in total. The first-order valence-corrected chi connectivity index (χ1v) is 15.4. The molecule has 9 aromatic carbocycles. The van der Waals surface area contributed by atoms with Gasteiger partial charge in [-0.2, -0.15) is 0 Å². The molecule has 0 fully saturated rings. The lowest BCUT2D eigenvalue weighted by atomic mass is 9.82. The SMILES string of the molecule is Cc1cc(-c2c3ccccc3c(-c3ccc4ccc5cccc6ccc3c4c56)c3ccccc23)c(C)cc1-c1ccccc1. The summed E-state index contributed by atoms with van der Waals surface area (Å²) in [5.74, 6) is 0. The van der Waals surface area contributed by atoms with Gasteiger partial charge < -0.3 is 0 Å². The van der Waals surface area contributed by atoms with Crippen molar-refractivity contribution < 1.29 is 0 Å². The van der Waals surface area contributed by atoms with Gasteiger partial charge in [-0.05, 0) is 112 Å². The van der Waals surface area contributed by atoms with Crippen LogP contribution in [0.5, 0.6) is 0 Å². The monoisotopic (exact) mass is 558 g/mol. The van der Waals surface area contributed by atoms with E-state index in [0.29, 0.717) is 0 Å². The van der Waals surface area contributed by atoms with E-state index < -0.39 is 0 Å². The van der Waals surface area contributed by atoms with Gasteiger partial charge in [0.05, 0.1) is 0 Å². The zero-order valence-corrected chi connectivity index (χ0v) is 24.9. The standard InChI is InChI=1S/C44H30/c1-27-26-40(28(2)25-39(27)29-11-4-3-5-12-29)44-35-17-8-6-15-33(35)43(34-16-7-9-18-36(34)44)38-24-22-32-20-19-30-13-10-14-31-21-23-37(38)42(32)41(30)31/h3-26H,1-2H3. The second-order valence-electron chi connectivity index (χ2n) is 12.2. The van der Waals surface area contributed by atoms with Crippen molar-refractivity contribution >= 4 is 53.9 Å². The van der Waals surface area contributed by atoms with E-state index in [9.17, 15) is 0 Å². The molecule has 0 N–H and O–H groups in total. The van der Waals surface area contributed by atoms with Crippen molar-refractivity contribution in [1.82, 2.24) is 0 Å². The Kier molecular flexibility index (Phi) is 5.43. The van der Waals surface area contributed by atoms with Crippen LogP contribution in [-0.2, 0) is 0 Å². The van der Waals surface area contributed by atoms with Gasteiger partial charge in [0.2, 0.25) is 0 Å². The van der Waals surface area contributed by atoms with Gasteiger partial charge in [-0.25, -0.2) is 0 Å². The highest BCUT2D eigenvalue weighted by molar-refractivity contribution is 6.29. The molecule has 0 unspecified atom stereocenters. The fourth-order valence-electron chi connectivity index (χ4n) is 7.68. The summed E-state index contributed by atoms with van der Waals surface area (Å²) >= 11 is 0. The number of hydrogen-bond acceptors (Lipinski definition) is 0. The molecule has 0 heteroatoms. The summed E-state index contributed by atoms with van der Waals surface area (Å²) in [4.78, 5) is 0. The van der Waals surface area contributed by atoms with Crippen molar-refractivity contribution in [3.63, 3.8) is 0 Å². The Morgan fingerprint density at radius 2 is 0.795 bits per heavy atom. The molecular weight excluding hydrogens is 528 g/mol. The molecule has 0 aromatic heterocycles. The molecule has 0 aliphatic rings. The molecule has 0 heterocycles. The molecule has 9 aromatic rings. The minimum Gasteiger partial charge on any atom is -0.0622 e. The predicted octanol–water partition coefficient (Wildman–Crippen LogP) is 12.5. The summed E-state index contributed by atoms with van der Waals surface area (Å²) in [6.07, 6.45) is 0. The third-order valence-electron chi connectivity index (χ3n) is 9.65. The number of fused-ring (bicyclic) bond motifs is 2. The molecule has 0 saturated heterocycles. The van der Waals surface area contributed by atoms with Crippen LogP contribution in [0.25, 0.3) is 87.2 Å². The Balaban J connectivity index is 1.39. The van der Waals surface area contributed by atoms with Gasteiger partial charge in [0, 0.05) is 0 Å². The van der Waals surface area contributed by atoms with E-state index in [-0.39, 0.29) is 0 Å². The molecule has 0 saturated carbocycles. The largest absolute Gasteiger partial charge is 0.0622 e. The Morgan fingerprint density at radius 3 is 1.43 bits per heavy atom. The molecule has 0 aliphatic carbocycles. The summed E-state index contributed by atoms with van der Waals surface area (Å²) < 4.78 is 0. The first-order chi connectivity index (χ1) is 21.7. The van der Waals surface area contributed by atoms with Gasteiger partial charge in [0.25, 0.3) is 0 Å². The lowest BCUT2D eigenvalue weighted by molar-refractivity contribution is 1.39. The fourth-order valence-corrected chi connectivity index (χ4v) is 7.68. The van der Waals surface area contributed by atoms with Crippen LogP contribution in [0.3, 0.4) is 0 Å². The third kappa shape index (κ3) is 3.58. The van der Waals surface area contributed by atoms with E-state index in [1.165, 1.54) is 98.4 Å². The first-order valence-electron chi connectivity index (χ1n) is 15.4. The van der Waals surface area contributed by atoms with Gasteiger partial charge in [0.1, 0.15) is 0 Å². The molecule has 44 heavy (non-hydrogen) atoms. The minimum absolute atomic E-state index is 1.26. The van der Waals surface area contributed by atoms with E-state index in [4.69, 9.17) is 0 Å². The average Bonchev–Trinajstić information content (AvgIpc) is 3.07. The van der Waals surface area contributed by atoms with Gasteiger partial charge in [-0.15, -0.1) is 0 Å². The number of hydrogen-bond donors (Lipinski definition) is 0. The molecule has 0 bridgehead atoms. The summed E-state index contributed by atoms with van der Waals surface area (Å²) in [7, 11) is 0. The van der Waals surface area contributed by atoms with Crippen LogP contribution in [0.15, 0.2) is 146 Å². The quantitative estimate of drug-likeness (QED) is 0.149. The van der Waals surface area contributed by atoms with Crippen molar-refractivity contribution in [2.75, 3.05) is 0 Å². The van der Waals surface area contributed by atoms with Crippen LogP contribution >= 0.6 is 0 Å². The number of benzene rings is 9. The third-order valence-corrected chi connectivity index (χ3v) is 9.65. The highest BCUT2D eigenvalue weighted by atomic mass is 14.2. The van der Waals surface area contributed by atoms with E-state index in [1.54, 1.807) is 0 Å². The smallest absolute Gasteiger partial charge is 0.00201 e. The zero-order chi connectivity index (χ0) is 29.4. The topological polar surface area (TPSA) is 0 Å². The summed E-state index contributed by atoms with van der Waals surface area (Å²) in [6.45, 7) is 4.51. The maximum absolute atomic E-state index is 2.40. The molecular formula is C44H30. The first kappa shape index (κ1) is 25.1. The van der Waals surface area contributed by atoms with Crippen molar-refractivity contribution in [3.05, 3.63) is 157 Å². The Labute approximate surface area is 257 Å². The lowest BCUT2D eigenvalue weighted by Gasteiger charge is -2.21. The second-order valence-corrected chi connectivity index (χ2v) is 12.2. The molecule has 0 atom stereocenters. The molecule has 0 spiro atoms. The Morgan fingerprint density at radius 1 is 0.318 bits per heavy atom. The summed E-state index contributed by atoms with van der Waals surface area (Å²) in [6, 6.07) is 54.0. The normalized spacial score (nSPS) is 11.9. The van der Waals surface area contributed by atoms with Crippen molar-refractivity contribution in [1.29, 1.82) is 0 Å². The Hall–Kier alpha value is -5.46. The van der Waals surface area contributed by atoms with Crippen molar-refractivity contribution in [3.8, 4) is 33.4 Å². The van der Waals surface area contributed by atoms with E-state index >= 15 is 0 Å². The zero-order valence-electron chi connectivity index (χ0n) is 24.9. The summed E-state index contributed by atoms with van der Waals surface area (Å²) in [5.41, 5.74) is 10.4. The fraction of sp³-hybridized carbons (Fsp3) is 0.0455. The molecule has 206 valence electrons. The van der Waals surface area contributed by atoms with Gasteiger partial charge in [-0.1, -0.05) is 146 Å².